The first-order valence-corrected chi connectivity index (χ1v) is 4.91. The Labute approximate surface area is 76.7 Å². The third-order valence-corrected chi connectivity index (χ3v) is 1.46. The Kier molecular flexibility index (Phi) is 20.0. The molecule has 0 heterocycles. The summed E-state index contributed by atoms with van der Waals surface area (Å²) in [6.07, 6.45) is 6.46. The van der Waals surface area contributed by atoms with Crippen LogP contribution in [-0.4, -0.2) is 19.9 Å². The summed E-state index contributed by atoms with van der Waals surface area (Å²) < 4.78 is 0. The molecule has 0 atom stereocenters. The van der Waals surface area contributed by atoms with Crippen LogP contribution in [0.1, 0.15) is 46.0 Å². The van der Waals surface area contributed by atoms with Gasteiger partial charge >= 0.3 is 0 Å². The maximum absolute atomic E-state index is 9.56. The van der Waals surface area contributed by atoms with E-state index in [2.05, 4.69) is 19.2 Å². The molecule has 0 bridgehead atoms. The summed E-state index contributed by atoms with van der Waals surface area (Å²) in [6.45, 7) is 5.43. The third-order valence-electron chi connectivity index (χ3n) is 1.46. The van der Waals surface area contributed by atoms with Crippen molar-refractivity contribution in [2.75, 3.05) is 13.6 Å². The van der Waals surface area contributed by atoms with Gasteiger partial charge in [0.25, 0.3) is 0 Å². The van der Waals surface area contributed by atoms with Crippen LogP contribution >= 0.6 is 0 Å². The fourth-order valence-electron chi connectivity index (χ4n) is 0.641. The topological polar surface area (TPSA) is 29.1 Å². The van der Waals surface area contributed by atoms with Gasteiger partial charge in [0.1, 0.15) is 6.29 Å². The summed E-state index contributed by atoms with van der Waals surface area (Å²) in [5.74, 6) is 0. The Balaban J connectivity index is 0. The number of hydrogen-bond acceptors (Lipinski definition) is 2. The quantitative estimate of drug-likeness (QED) is 0.493. The molecular formula is C10H23NO. The van der Waals surface area contributed by atoms with Gasteiger partial charge in [0, 0.05) is 6.42 Å². The normalized spacial score (nSPS) is 8.58. The van der Waals surface area contributed by atoms with E-state index in [1.54, 1.807) is 0 Å². The molecule has 0 aromatic rings. The number of rotatable bonds is 6. The zero-order valence-corrected chi connectivity index (χ0v) is 8.73. The van der Waals surface area contributed by atoms with E-state index < -0.39 is 0 Å². The van der Waals surface area contributed by atoms with Crippen LogP contribution < -0.4 is 5.32 Å². The zero-order chi connectivity index (χ0) is 9.66. The minimum Gasteiger partial charge on any atom is -0.320 e. The first-order valence-electron chi connectivity index (χ1n) is 4.91. The van der Waals surface area contributed by atoms with Gasteiger partial charge in [-0.2, -0.15) is 0 Å². The second-order valence-corrected chi connectivity index (χ2v) is 2.77. The number of carbonyl (C=O) groups excluding carboxylic acids is 1. The molecule has 0 aliphatic carbocycles. The van der Waals surface area contributed by atoms with Crippen molar-refractivity contribution in [3.05, 3.63) is 0 Å². The van der Waals surface area contributed by atoms with Crippen molar-refractivity contribution in [3.8, 4) is 0 Å². The van der Waals surface area contributed by atoms with Gasteiger partial charge in [0.2, 0.25) is 0 Å². The highest BCUT2D eigenvalue weighted by Gasteiger charge is 1.75. The van der Waals surface area contributed by atoms with Crippen LogP contribution in [0.3, 0.4) is 0 Å². The number of aldehydes is 1. The van der Waals surface area contributed by atoms with Gasteiger partial charge in [-0.3, -0.25) is 0 Å². The van der Waals surface area contributed by atoms with E-state index in [9.17, 15) is 4.79 Å². The van der Waals surface area contributed by atoms with Crippen molar-refractivity contribution < 1.29 is 4.79 Å². The monoisotopic (exact) mass is 173 g/mol. The first-order chi connectivity index (χ1) is 5.83. The molecule has 0 unspecified atom stereocenters. The highest BCUT2D eigenvalue weighted by molar-refractivity contribution is 5.48. The predicted molar refractivity (Wildman–Crippen MR) is 54.4 cm³/mol. The van der Waals surface area contributed by atoms with Gasteiger partial charge in [0.15, 0.2) is 0 Å². The van der Waals surface area contributed by atoms with Gasteiger partial charge in [-0.25, -0.2) is 0 Å². The van der Waals surface area contributed by atoms with Crippen LogP contribution in [0.2, 0.25) is 0 Å². The van der Waals surface area contributed by atoms with Crippen molar-refractivity contribution in [1.29, 1.82) is 0 Å². The Hall–Kier alpha value is -0.370. The third kappa shape index (κ3) is 22.6. The average molecular weight is 173 g/mol. The van der Waals surface area contributed by atoms with Gasteiger partial charge in [-0.1, -0.05) is 26.7 Å². The van der Waals surface area contributed by atoms with E-state index in [0.717, 1.165) is 32.1 Å². The molecule has 12 heavy (non-hydrogen) atoms. The summed E-state index contributed by atoms with van der Waals surface area (Å²) in [5.41, 5.74) is 0. The molecule has 0 fully saturated rings. The fraction of sp³-hybridized carbons (Fsp3) is 0.900. The van der Waals surface area contributed by atoms with Crippen LogP contribution in [0.5, 0.6) is 0 Å². The highest BCUT2D eigenvalue weighted by Crippen LogP contribution is 1.87. The van der Waals surface area contributed by atoms with Crippen molar-refractivity contribution in [1.82, 2.24) is 5.32 Å². The van der Waals surface area contributed by atoms with Gasteiger partial charge in [-0.15, -0.1) is 0 Å². The summed E-state index contributed by atoms with van der Waals surface area (Å²) in [6, 6.07) is 0. The Morgan fingerprint density at radius 2 is 1.75 bits per heavy atom. The Morgan fingerprint density at radius 1 is 1.17 bits per heavy atom. The number of hydrogen-bond donors (Lipinski definition) is 1. The molecule has 0 spiro atoms. The molecule has 0 aliphatic heterocycles. The lowest BCUT2D eigenvalue weighted by molar-refractivity contribution is -0.107. The standard InChI is InChI=1S/C5H13N.C5H10O/c1-3-4-5-6-2;1-2-3-4-5-6/h6H,3-5H2,1-2H3;5H,2-4H2,1H3. The maximum Gasteiger partial charge on any atom is 0.119 e. The van der Waals surface area contributed by atoms with Crippen LogP contribution in [-0.2, 0) is 4.79 Å². The number of carbonyl (C=O) groups is 1. The lowest BCUT2D eigenvalue weighted by Gasteiger charge is -1.89. The van der Waals surface area contributed by atoms with Crippen LogP contribution in [0, 0.1) is 0 Å². The van der Waals surface area contributed by atoms with Crippen LogP contribution in [0.15, 0.2) is 0 Å². The van der Waals surface area contributed by atoms with E-state index >= 15 is 0 Å². The van der Waals surface area contributed by atoms with Crippen LogP contribution in [0.25, 0.3) is 0 Å². The van der Waals surface area contributed by atoms with Crippen molar-refractivity contribution in [2.45, 2.75) is 46.0 Å². The van der Waals surface area contributed by atoms with E-state index in [0.29, 0.717) is 0 Å². The number of unbranched alkanes of at least 4 members (excludes halogenated alkanes) is 3. The van der Waals surface area contributed by atoms with E-state index in [4.69, 9.17) is 0 Å². The molecule has 2 heteroatoms. The largest absolute Gasteiger partial charge is 0.320 e. The Morgan fingerprint density at radius 3 is 1.92 bits per heavy atom. The minimum atomic E-state index is 0.733. The molecule has 0 radical (unpaired) electrons. The predicted octanol–water partition coefficient (Wildman–Crippen LogP) is 2.38. The molecule has 74 valence electrons. The molecule has 0 aromatic heterocycles. The molecule has 0 amide bonds. The maximum atomic E-state index is 9.56. The van der Waals surface area contributed by atoms with Gasteiger partial charge < -0.3 is 10.1 Å². The SMILES string of the molecule is CCCCC=O.CCCCNC. The molecule has 0 rings (SSSR count). The highest BCUT2D eigenvalue weighted by atomic mass is 16.1. The molecule has 0 saturated carbocycles. The summed E-state index contributed by atoms with van der Waals surface area (Å²) in [4.78, 5) is 9.56. The van der Waals surface area contributed by atoms with Gasteiger partial charge in [0.05, 0.1) is 0 Å². The van der Waals surface area contributed by atoms with Gasteiger partial charge in [-0.05, 0) is 26.4 Å². The molecule has 2 nitrogen and oxygen atoms in total. The Bertz CT molecular complexity index is 70.2. The fourth-order valence-corrected chi connectivity index (χ4v) is 0.641. The van der Waals surface area contributed by atoms with E-state index in [1.165, 1.54) is 12.8 Å². The first kappa shape index (κ1) is 14.2. The van der Waals surface area contributed by atoms with Crippen LogP contribution in [0.4, 0.5) is 0 Å². The minimum absolute atomic E-state index is 0.733. The lowest BCUT2D eigenvalue weighted by Crippen LogP contribution is -2.06. The molecule has 0 aromatic carbocycles. The molecule has 0 aliphatic rings. The lowest BCUT2D eigenvalue weighted by atomic mass is 10.3. The average Bonchev–Trinajstić information content (AvgIpc) is 2.12. The van der Waals surface area contributed by atoms with Crippen molar-refractivity contribution >= 4 is 6.29 Å². The molecular weight excluding hydrogens is 150 g/mol. The zero-order valence-electron chi connectivity index (χ0n) is 8.73. The van der Waals surface area contributed by atoms with Crippen molar-refractivity contribution in [3.63, 3.8) is 0 Å². The number of nitrogens with one attached hydrogen (secondary N) is 1. The summed E-state index contributed by atoms with van der Waals surface area (Å²) in [7, 11) is 1.98. The summed E-state index contributed by atoms with van der Waals surface area (Å²) >= 11 is 0. The smallest absolute Gasteiger partial charge is 0.119 e. The second-order valence-electron chi connectivity index (χ2n) is 2.77. The molecule has 1 N–H and O–H groups in total. The summed E-state index contributed by atoms with van der Waals surface area (Å²) in [5, 5.41) is 3.07. The second kappa shape index (κ2) is 16.9. The van der Waals surface area contributed by atoms with Crippen molar-refractivity contribution in [2.24, 2.45) is 0 Å². The van der Waals surface area contributed by atoms with E-state index in [1.807, 2.05) is 7.05 Å². The molecule has 0 saturated heterocycles. The van der Waals surface area contributed by atoms with E-state index in [-0.39, 0.29) is 0 Å².